The molecule has 1 aromatic rings. The van der Waals surface area contributed by atoms with Crippen LogP contribution in [0.4, 0.5) is 5.69 Å². The van der Waals surface area contributed by atoms with Crippen molar-refractivity contribution in [2.45, 2.75) is 32.1 Å². The SMILES string of the molecule is C/C=C/CCNS(=O)(=O)c1cc(C)cc(N)c1C. The largest absolute Gasteiger partial charge is 0.398 e. The van der Waals surface area contributed by atoms with Gasteiger partial charge in [-0.15, -0.1) is 0 Å². The summed E-state index contributed by atoms with van der Waals surface area (Å²) in [4.78, 5) is 0.264. The molecule has 0 fully saturated rings. The second kappa shape index (κ2) is 6.02. The van der Waals surface area contributed by atoms with Gasteiger partial charge in [-0.2, -0.15) is 0 Å². The summed E-state index contributed by atoms with van der Waals surface area (Å²) in [6.45, 7) is 5.84. The molecule has 0 saturated heterocycles. The Morgan fingerprint density at radius 1 is 1.33 bits per heavy atom. The van der Waals surface area contributed by atoms with Crippen molar-refractivity contribution in [3.05, 3.63) is 35.4 Å². The normalized spacial score (nSPS) is 12.2. The van der Waals surface area contributed by atoms with Crippen LogP contribution in [0.25, 0.3) is 0 Å². The van der Waals surface area contributed by atoms with E-state index in [9.17, 15) is 8.42 Å². The zero-order valence-corrected chi connectivity index (χ0v) is 11.8. The summed E-state index contributed by atoms with van der Waals surface area (Å²) < 4.78 is 26.8. The van der Waals surface area contributed by atoms with E-state index in [4.69, 9.17) is 5.73 Å². The van der Waals surface area contributed by atoms with Gasteiger partial charge < -0.3 is 5.73 Å². The van der Waals surface area contributed by atoms with Crippen LogP contribution >= 0.6 is 0 Å². The van der Waals surface area contributed by atoms with E-state index < -0.39 is 10.0 Å². The van der Waals surface area contributed by atoms with E-state index in [-0.39, 0.29) is 4.90 Å². The molecule has 0 aromatic heterocycles. The highest BCUT2D eigenvalue weighted by Crippen LogP contribution is 2.22. The molecule has 0 radical (unpaired) electrons. The molecule has 0 amide bonds. The number of anilines is 1. The first-order valence-corrected chi connectivity index (χ1v) is 7.34. The van der Waals surface area contributed by atoms with Crippen LogP contribution in [-0.2, 0) is 10.0 Å². The highest BCUT2D eigenvalue weighted by molar-refractivity contribution is 7.89. The monoisotopic (exact) mass is 268 g/mol. The van der Waals surface area contributed by atoms with Gasteiger partial charge in [-0.1, -0.05) is 12.2 Å². The van der Waals surface area contributed by atoms with Crippen molar-refractivity contribution in [3.63, 3.8) is 0 Å². The van der Waals surface area contributed by atoms with Gasteiger partial charge in [0.25, 0.3) is 0 Å². The Bertz CT molecular complexity index is 548. The first-order valence-electron chi connectivity index (χ1n) is 5.86. The van der Waals surface area contributed by atoms with Crippen molar-refractivity contribution < 1.29 is 8.42 Å². The van der Waals surface area contributed by atoms with Gasteiger partial charge in [-0.25, -0.2) is 13.1 Å². The predicted molar refractivity (Wildman–Crippen MR) is 74.9 cm³/mol. The number of nitrogens with one attached hydrogen (secondary N) is 1. The van der Waals surface area contributed by atoms with Crippen molar-refractivity contribution in [1.29, 1.82) is 0 Å². The van der Waals surface area contributed by atoms with E-state index >= 15 is 0 Å². The van der Waals surface area contributed by atoms with Crippen LogP contribution in [0.15, 0.2) is 29.2 Å². The zero-order chi connectivity index (χ0) is 13.8. The maximum absolute atomic E-state index is 12.1. The van der Waals surface area contributed by atoms with Gasteiger partial charge in [-0.05, 0) is 50.5 Å². The molecular weight excluding hydrogens is 248 g/mol. The summed E-state index contributed by atoms with van der Waals surface area (Å²) in [5.74, 6) is 0. The lowest BCUT2D eigenvalue weighted by atomic mass is 10.1. The summed E-state index contributed by atoms with van der Waals surface area (Å²) >= 11 is 0. The third-order valence-electron chi connectivity index (χ3n) is 2.67. The smallest absolute Gasteiger partial charge is 0.240 e. The van der Waals surface area contributed by atoms with Crippen LogP contribution in [-0.4, -0.2) is 15.0 Å². The van der Waals surface area contributed by atoms with Crippen LogP contribution in [0.2, 0.25) is 0 Å². The van der Waals surface area contributed by atoms with E-state index in [1.807, 2.05) is 26.0 Å². The van der Waals surface area contributed by atoms with Gasteiger partial charge >= 0.3 is 0 Å². The lowest BCUT2D eigenvalue weighted by Gasteiger charge is -2.11. The van der Waals surface area contributed by atoms with Gasteiger partial charge in [0.05, 0.1) is 4.90 Å². The summed E-state index contributed by atoms with van der Waals surface area (Å²) in [7, 11) is -3.48. The molecule has 0 spiro atoms. The molecule has 0 saturated carbocycles. The molecule has 0 bridgehead atoms. The number of allylic oxidation sites excluding steroid dienone is 1. The highest BCUT2D eigenvalue weighted by atomic mass is 32.2. The van der Waals surface area contributed by atoms with Crippen LogP contribution in [0.3, 0.4) is 0 Å². The van der Waals surface area contributed by atoms with Gasteiger partial charge in [0.2, 0.25) is 10.0 Å². The lowest BCUT2D eigenvalue weighted by Crippen LogP contribution is -2.25. The van der Waals surface area contributed by atoms with Crippen molar-refractivity contribution in [2.24, 2.45) is 0 Å². The molecule has 0 unspecified atom stereocenters. The maximum Gasteiger partial charge on any atom is 0.240 e. The zero-order valence-electron chi connectivity index (χ0n) is 11.0. The predicted octanol–water partition coefficient (Wildman–Crippen LogP) is 2.13. The van der Waals surface area contributed by atoms with Crippen LogP contribution in [0.5, 0.6) is 0 Å². The standard InChI is InChI=1S/C13H20N2O2S/c1-4-5-6-7-15-18(16,17)13-9-10(2)8-12(14)11(13)3/h4-5,8-9,15H,6-7,14H2,1-3H3/b5-4+. The number of nitrogens with two attached hydrogens (primary N) is 1. The minimum atomic E-state index is -3.48. The van der Waals surface area contributed by atoms with Crippen LogP contribution in [0.1, 0.15) is 24.5 Å². The third kappa shape index (κ3) is 3.58. The minimum Gasteiger partial charge on any atom is -0.398 e. The molecule has 5 heteroatoms. The quantitative estimate of drug-likeness (QED) is 0.488. The Hall–Kier alpha value is -1.33. The summed E-state index contributed by atoms with van der Waals surface area (Å²) in [6, 6.07) is 3.41. The van der Waals surface area contributed by atoms with Crippen LogP contribution < -0.4 is 10.5 Å². The molecule has 1 aromatic carbocycles. The molecule has 4 nitrogen and oxygen atoms in total. The van der Waals surface area contributed by atoms with Crippen molar-refractivity contribution in [2.75, 3.05) is 12.3 Å². The van der Waals surface area contributed by atoms with E-state index in [1.54, 1.807) is 19.1 Å². The molecule has 1 rings (SSSR count). The molecule has 0 atom stereocenters. The second-order valence-corrected chi connectivity index (χ2v) is 5.97. The Labute approximate surface area is 109 Å². The van der Waals surface area contributed by atoms with Crippen molar-refractivity contribution in [3.8, 4) is 0 Å². The van der Waals surface area contributed by atoms with Crippen molar-refractivity contribution >= 4 is 15.7 Å². The lowest BCUT2D eigenvalue weighted by molar-refractivity contribution is 0.581. The number of aryl methyl sites for hydroxylation is 1. The molecular formula is C13H20N2O2S. The summed E-state index contributed by atoms with van der Waals surface area (Å²) in [6.07, 6.45) is 4.49. The molecule has 100 valence electrons. The fourth-order valence-electron chi connectivity index (χ4n) is 1.65. The summed E-state index contributed by atoms with van der Waals surface area (Å²) in [5.41, 5.74) is 7.73. The average molecular weight is 268 g/mol. The number of benzene rings is 1. The first kappa shape index (κ1) is 14.7. The fourth-order valence-corrected chi connectivity index (χ4v) is 3.06. The number of nitrogen functional groups attached to an aromatic ring is 1. The minimum absolute atomic E-state index is 0.264. The molecule has 0 heterocycles. The van der Waals surface area contributed by atoms with Crippen LogP contribution in [0, 0.1) is 13.8 Å². The molecule has 0 aliphatic rings. The number of sulfonamides is 1. The Balaban J connectivity index is 2.98. The number of rotatable bonds is 5. The number of hydrogen-bond donors (Lipinski definition) is 2. The molecule has 0 aliphatic heterocycles. The van der Waals surface area contributed by atoms with Crippen molar-refractivity contribution in [1.82, 2.24) is 4.72 Å². The maximum atomic E-state index is 12.1. The number of hydrogen-bond acceptors (Lipinski definition) is 3. The molecule has 0 aliphatic carbocycles. The Morgan fingerprint density at radius 2 is 2.00 bits per heavy atom. The summed E-state index contributed by atoms with van der Waals surface area (Å²) in [5, 5.41) is 0. The topological polar surface area (TPSA) is 72.2 Å². The fraction of sp³-hybridized carbons (Fsp3) is 0.385. The van der Waals surface area contributed by atoms with Gasteiger partial charge in [0.1, 0.15) is 0 Å². The van der Waals surface area contributed by atoms with E-state index in [0.29, 0.717) is 24.2 Å². The third-order valence-corrected chi connectivity index (χ3v) is 4.26. The van der Waals surface area contributed by atoms with Gasteiger partial charge in [-0.3, -0.25) is 0 Å². The average Bonchev–Trinajstić information content (AvgIpc) is 2.29. The highest BCUT2D eigenvalue weighted by Gasteiger charge is 2.17. The van der Waals surface area contributed by atoms with E-state index in [2.05, 4.69) is 4.72 Å². The molecule has 18 heavy (non-hydrogen) atoms. The Morgan fingerprint density at radius 3 is 2.61 bits per heavy atom. The van der Waals surface area contributed by atoms with E-state index in [0.717, 1.165) is 5.56 Å². The first-order chi connectivity index (χ1) is 8.38. The molecule has 3 N–H and O–H groups in total. The second-order valence-electron chi connectivity index (χ2n) is 4.23. The van der Waals surface area contributed by atoms with Gasteiger partial charge in [0, 0.05) is 12.2 Å². The van der Waals surface area contributed by atoms with E-state index in [1.165, 1.54) is 0 Å². The Kier molecular flexibility index (Phi) is 4.93. The van der Waals surface area contributed by atoms with Gasteiger partial charge in [0.15, 0.2) is 0 Å².